The maximum Gasteiger partial charge on any atom is 0.243 e. The van der Waals surface area contributed by atoms with Gasteiger partial charge in [0.25, 0.3) is 0 Å². The molecule has 0 saturated heterocycles. The Bertz CT molecular complexity index is 736. The Hall–Kier alpha value is -2.41. The SMILES string of the molecule is CC(C)[C@H](N)C(=O)NCC(=O)Nc1ccc(COCc2ccccc2)cc1.Cl. The Morgan fingerprint density at radius 1 is 0.964 bits per heavy atom. The number of nitrogens with two attached hydrogens (primary N) is 1. The van der Waals surface area contributed by atoms with E-state index in [9.17, 15) is 9.59 Å². The van der Waals surface area contributed by atoms with Gasteiger partial charge in [-0.3, -0.25) is 9.59 Å². The lowest BCUT2D eigenvalue weighted by atomic mass is 10.1. The summed E-state index contributed by atoms with van der Waals surface area (Å²) >= 11 is 0. The van der Waals surface area contributed by atoms with Crippen LogP contribution in [-0.4, -0.2) is 24.4 Å². The average Bonchev–Trinajstić information content (AvgIpc) is 2.67. The summed E-state index contributed by atoms with van der Waals surface area (Å²) in [7, 11) is 0. The summed E-state index contributed by atoms with van der Waals surface area (Å²) in [4.78, 5) is 23.7. The van der Waals surface area contributed by atoms with Gasteiger partial charge in [-0.1, -0.05) is 56.3 Å². The smallest absolute Gasteiger partial charge is 0.243 e. The van der Waals surface area contributed by atoms with E-state index in [4.69, 9.17) is 10.5 Å². The van der Waals surface area contributed by atoms with Gasteiger partial charge in [0.15, 0.2) is 0 Å². The van der Waals surface area contributed by atoms with Crippen LogP contribution in [0.3, 0.4) is 0 Å². The van der Waals surface area contributed by atoms with Crippen molar-refractivity contribution in [3.8, 4) is 0 Å². The number of benzene rings is 2. The molecule has 0 fully saturated rings. The van der Waals surface area contributed by atoms with Crippen molar-refractivity contribution in [1.29, 1.82) is 0 Å². The summed E-state index contributed by atoms with van der Waals surface area (Å²) in [6, 6.07) is 16.8. The number of hydrogen-bond acceptors (Lipinski definition) is 4. The normalized spacial score (nSPS) is 11.4. The number of anilines is 1. The van der Waals surface area contributed by atoms with Crippen LogP contribution in [0, 0.1) is 5.92 Å². The molecule has 0 saturated carbocycles. The zero-order valence-corrected chi connectivity index (χ0v) is 17.0. The highest BCUT2D eigenvalue weighted by Gasteiger charge is 2.17. The lowest BCUT2D eigenvalue weighted by Crippen LogP contribution is -2.46. The second-order valence-electron chi connectivity index (χ2n) is 6.71. The van der Waals surface area contributed by atoms with Crippen molar-refractivity contribution < 1.29 is 14.3 Å². The van der Waals surface area contributed by atoms with Crippen LogP contribution in [0.1, 0.15) is 25.0 Å². The third-order valence-corrected chi connectivity index (χ3v) is 4.06. The highest BCUT2D eigenvalue weighted by atomic mass is 35.5. The zero-order chi connectivity index (χ0) is 19.6. The van der Waals surface area contributed by atoms with E-state index in [0.29, 0.717) is 18.9 Å². The number of nitrogens with one attached hydrogen (secondary N) is 2. The van der Waals surface area contributed by atoms with Gasteiger partial charge in [-0.15, -0.1) is 12.4 Å². The first-order chi connectivity index (χ1) is 13.0. The lowest BCUT2D eigenvalue weighted by molar-refractivity contribution is -0.125. The van der Waals surface area contributed by atoms with Gasteiger partial charge in [-0.25, -0.2) is 0 Å². The molecule has 28 heavy (non-hydrogen) atoms. The van der Waals surface area contributed by atoms with E-state index in [1.165, 1.54) is 0 Å². The molecule has 7 heteroatoms. The van der Waals surface area contributed by atoms with E-state index >= 15 is 0 Å². The molecule has 0 aliphatic carbocycles. The van der Waals surface area contributed by atoms with Gasteiger partial charge in [0, 0.05) is 5.69 Å². The average molecular weight is 406 g/mol. The topological polar surface area (TPSA) is 93.5 Å². The van der Waals surface area contributed by atoms with Crippen molar-refractivity contribution >= 4 is 29.9 Å². The molecule has 0 aromatic heterocycles. The van der Waals surface area contributed by atoms with Gasteiger partial charge >= 0.3 is 0 Å². The Labute approximate surface area is 172 Å². The van der Waals surface area contributed by atoms with Crippen molar-refractivity contribution in [3.05, 3.63) is 65.7 Å². The van der Waals surface area contributed by atoms with Crippen LogP contribution in [-0.2, 0) is 27.5 Å². The van der Waals surface area contributed by atoms with Crippen molar-refractivity contribution in [2.24, 2.45) is 11.7 Å². The number of carbonyl (C=O) groups excluding carboxylic acids is 2. The van der Waals surface area contributed by atoms with Crippen LogP contribution in [0.2, 0.25) is 0 Å². The number of rotatable bonds is 9. The number of halogens is 1. The largest absolute Gasteiger partial charge is 0.372 e. The first-order valence-electron chi connectivity index (χ1n) is 8.99. The summed E-state index contributed by atoms with van der Waals surface area (Å²) in [5.74, 6) is -0.608. The van der Waals surface area contributed by atoms with E-state index in [2.05, 4.69) is 10.6 Å². The maximum absolute atomic E-state index is 11.9. The predicted octanol–water partition coefficient (Wildman–Crippen LogP) is 2.86. The first-order valence-corrected chi connectivity index (χ1v) is 8.99. The Morgan fingerprint density at radius 2 is 1.54 bits per heavy atom. The molecule has 0 heterocycles. The summed E-state index contributed by atoms with van der Waals surface area (Å²) < 4.78 is 5.69. The van der Waals surface area contributed by atoms with E-state index in [-0.39, 0.29) is 36.7 Å². The third-order valence-electron chi connectivity index (χ3n) is 4.06. The number of carbonyl (C=O) groups is 2. The molecule has 0 aliphatic heterocycles. The second kappa shape index (κ2) is 12.1. The molecule has 0 bridgehead atoms. The van der Waals surface area contributed by atoms with Crippen LogP contribution in [0.5, 0.6) is 0 Å². The van der Waals surface area contributed by atoms with Crippen molar-refractivity contribution in [2.45, 2.75) is 33.1 Å². The number of hydrogen-bond donors (Lipinski definition) is 3. The van der Waals surface area contributed by atoms with Crippen molar-refractivity contribution in [3.63, 3.8) is 0 Å². The van der Waals surface area contributed by atoms with E-state index in [0.717, 1.165) is 11.1 Å². The molecule has 6 nitrogen and oxygen atoms in total. The third kappa shape index (κ3) is 8.08. The van der Waals surface area contributed by atoms with Crippen LogP contribution in [0.15, 0.2) is 54.6 Å². The summed E-state index contributed by atoms with van der Waals surface area (Å²) in [6.45, 7) is 4.65. The van der Waals surface area contributed by atoms with Gasteiger partial charge in [-0.2, -0.15) is 0 Å². The molecule has 0 aliphatic rings. The highest BCUT2D eigenvalue weighted by molar-refractivity contribution is 5.95. The molecule has 2 rings (SSSR count). The predicted molar refractivity (Wildman–Crippen MR) is 113 cm³/mol. The van der Waals surface area contributed by atoms with Gasteiger partial charge in [0.1, 0.15) is 0 Å². The second-order valence-corrected chi connectivity index (χ2v) is 6.71. The molecule has 2 aromatic rings. The molecule has 152 valence electrons. The minimum atomic E-state index is -0.618. The molecule has 2 amide bonds. The minimum absolute atomic E-state index is 0. The first kappa shape index (κ1) is 23.6. The van der Waals surface area contributed by atoms with Crippen LogP contribution >= 0.6 is 12.4 Å². The van der Waals surface area contributed by atoms with Gasteiger partial charge in [0.05, 0.1) is 25.8 Å². The van der Waals surface area contributed by atoms with E-state index < -0.39 is 6.04 Å². The van der Waals surface area contributed by atoms with Crippen molar-refractivity contribution in [2.75, 3.05) is 11.9 Å². The molecule has 0 radical (unpaired) electrons. The molecule has 4 N–H and O–H groups in total. The number of ether oxygens (including phenoxy) is 1. The lowest BCUT2D eigenvalue weighted by Gasteiger charge is -2.15. The minimum Gasteiger partial charge on any atom is -0.372 e. The summed E-state index contributed by atoms with van der Waals surface area (Å²) in [5.41, 5.74) is 8.54. The number of amides is 2. The fourth-order valence-electron chi connectivity index (χ4n) is 2.34. The van der Waals surface area contributed by atoms with E-state index in [1.807, 2.05) is 56.3 Å². The molecular weight excluding hydrogens is 378 g/mol. The fourth-order valence-corrected chi connectivity index (χ4v) is 2.34. The van der Waals surface area contributed by atoms with Gasteiger partial charge in [0.2, 0.25) is 11.8 Å². The summed E-state index contributed by atoms with van der Waals surface area (Å²) in [6.07, 6.45) is 0. The standard InChI is InChI=1S/C21H27N3O3.ClH/c1-15(2)20(22)21(26)23-12-19(25)24-18-10-8-17(9-11-18)14-27-13-16-6-4-3-5-7-16;/h3-11,15,20H,12-14,22H2,1-2H3,(H,23,26)(H,24,25);1H/t20-;/m0./s1. The van der Waals surface area contributed by atoms with Crippen LogP contribution in [0.25, 0.3) is 0 Å². The fraction of sp³-hybridized carbons (Fsp3) is 0.333. The summed E-state index contributed by atoms with van der Waals surface area (Å²) in [5, 5.41) is 5.28. The molecule has 1 atom stereocenters. The Kier molecular flexibility index (Phi) is 10.2. The quantitative estimate of drug-likeness (QED) is 0.598. The molecule has 2 aromatic carbocycles. The van der Waals surface area contributed by atoms with E-state index in [1.54, 1.807) is 12.1 Å². The molecule has 0 unspecified atom stereocenters. The molecular formula is C21H28ClN3O3. The Balaban J connectivity index is 0.00000392. The Morgan fingerprint density at radius 3 is 2.11 bits per heavy atom. The maximum atomic E-state index is 11.9. The highest BCUT2D eigenvalue weighted by Crippen LogP contribution is 2.11. The zero-order valence-electron chi connectivity index (χ0n) is 16.2. The monoisotopic (exact) mass is 405 g/mol. The van der Waals surface area contributed by atoms with Crippen molar-refractivity contribution in [1.82, 2.24) is 5.32 Å². The van der Waals surface area contributed by atoms with Crippen LogP contribution in [0.4, 0.5) is 5.69 Å². The molecule has 0 spiro atoms. The van der Waals surface area contributed by atoms with Gasteiger partial charge in [-0.05, 0) is 29.2 Å². The van der Waals surface area contributed by atoms with Gasteiger partial charge < -0.3 is 21.1 Å². The van der Waals surface area contributed by atoms with Crippen LogP contribution < -0.4 is 16.4 Å².